The van der Waals surface area contributed by atoms with Crippen LogP contribution in [0.4, 0.5) is 0 Å². The Hall–Kier alpha value is -0.290. The van der Waals surface area contributed by atoms with Crippen LogP contribution in [0.3, 0.4) is 0 Å². The lowest BCUT2D eigenvalue weighted by molar-refractivity contribution is 0.466. The molecule has 18 heavy (non-hydrogen) atoms. The summed E-state index contributed by atoms with van der Waals surface area (Å²) in [5.41, 5.74) is 5.88. The number of benzene rings is 1. The predicted molar refractivity (Wildman–Crippen MR) is 75.9 cm³/mol. The van der Waals surface area contributed by atoms with E-state index < -0.39 is 15.9 Å². The van der Waals surface area contributed by atoms with Crippen LogP contribution in [0.5, 0.6) is 0 Å². The second-order valence-corrected chi connectivity index (χ2v) is 7.25. The van der Waals surface area contributed by atoms with Gasteiger partial charge in [0.15, 0.2) is 9.84 Å². The molecule has 2 N–H and O–H groups in total. The standard InChI is InChI=1S/C12H17Cl2NO2S/c1-3-8(2)11(15)7-18(16,17)12-6-9(13)4-5-10(12)14/h4-6,8,11H,3,7,15H2,1-2H3. The predicted octanol–water partition coefficient (Wildman–Crippen LogP) is 3.14. The molecule has 0 aliphatic heterocycles. The minimum Gasteiger partial charge on any atom is -0.327 e. The molecule has 0 spiro atoms. The van der Waals surface area contributed by atoms with Crippen molar-refractivity contribution in [2.45, 2.75) is 31.2 Å². The molecule has 0 heterocycles. The van der Waals surface area contributed by atoms with Gasteiger partial charge in [0.05, 0.1) is 15.7 Å². The van der Waals surface area contributed by atoms with Crippen LogP contribution in [0.2, 0.25) is 10.0 Å². The van der Waals surface area contributed by atoms with Crippen molar-refractivity contribution in [3.8, 4) is 0 Å². The number of sulfone groups is 1. The number of halogens is 2. The third-order valence-corrected chi connectivity index (χ3v) is 5.52. The third-order valence-electron chi connectivity index (χ3n) is 3.02. The lowest BCUT2D eigenvalue weighted by atomic mass is 10.0. The quantitative estimate of drug-likeness (QED) is 0.909. The second kappa shape index (κ2) is 6.24. The van der Waals surface area contributed by atoms with Crippen molar-refractivity contribution in [1.82, 2.24) is 0 Å². The summed E-state index contributed by atoms with van der Waals surface area (Å²) >= 11 is 11.7. The summed E-state index contributed by atoms with van der Waals surface area (Å²) < 4.78 is 24.4. The number of nitrogens with two attached hydrogens (primary N) is 1. The molecule has 0 saturated heterocycles. The normalized spacial score (nSPS) is 15.4. The first-order valence-electron chi connectivity index (χ1n) is 5.71. The molecule has 0 aliphatic carbocycles. The van der Waals surface area contributed by atoms with Gasteiger partial charge in [0.1, 0.15) is 0 Å². The average molecular weight is 310 g/mol. The highest BCUT2D eigenvalue weighted by Gasteiger charge is 2.24. The summed E-state index contributed by atoms with van der Waals surface area (Å²) in [5, 5.41) is 0.519. The van der Waals surface area contributed by atoms with E-state index in [9.17, 15) is 8.42 Å². The maximum absolute atomic E-state index is 12.2. The zero-order valence-corrected chi connectivity index (χ0v) is 12.7. The molecule has 0 saturated carbocycles. The highest BCUT2D eigenvalue weighted by atomic mass is 35.5. The van der Waals surface area contributed by atoms with E-state index >= 15 is 0 Å². The first-order chi connectivity index (χ1) is 8.27. The Morgan fingerprint density at radius 2 is 1.94 bits per heavy atom. The molecule has 0 fully saturated rings. The van der Waals surface area contributed by atoms with Gasteiger partial charge < -0.3 is 5.73 Å². The first-order valence-corrected chi connectivity index (χ1v) is 8.12. The van der Waals surface area contributed by atoms with E-state index in [4.69, 9.17) is 28.9 Å². The van der Waals surface area contributed by atoms with Crippen molar-refractivity contribution in [3.63, 3.8) is 0 Å². The fraction of sp³-hybridized carbons (Fsp3) is 0.500. The lowest BCUT2D eigenvalue weighted by Crippen LogP contribution is -2.35. The highest BCUT2D eigenvalue weighted by molar-refractivity contribution is 7.91. The first kappa shape index (κ1) is 15.8. The Bertz CT molecular complexity index is 517. The Labute approximate surface area is 118 Å². The summed E-state index contributed by atoms with van der Waals surface area (Å²) in [6.07, 6.45) is 0.833. The molecule has 3 nitrogen and oxygen atoms in total. The molecule has 2 atom stereocenters. The van der Waals surface area contributed by atoms with Crippen LogP contribution in [0.1, 0.15) is 20.3 Å². The Morgan fingerprint density at radius 1 is 1.33 bits per heavy atom. The van der Waals surface area contributed by atoms with Gasteiger partial charge in [0, 0.05) is 11.1 Å². The van der Waals surface area contributed by atoms with Gasteiger partial charge >= 0.3 is 0 Å². The van der Waals surface area contributed by atoms with E-state index in [0.29, 0.717) is 5.02 Å². The van der Waals surface area contributed by atoms with Crippen molar-refractivity contribution >= 4 is 33.0 Å². The molecule has 0 amide bonds. The summed E-state index contributed by atoms with van der Waals surface area (Å²) in [6.45, 7) is 3.91. The van der Waals surface area contributed by atoms with E-state index in [-0.39, 0.29) is 21.6 Å². The number of hydrogen-bond acceptors (Lipinski definition) is 3. The monoisotopic (exact) mass is 309 g/mol. The molecule has 0 aromatic heterocycles. The smallest absolute Gasteiger partial charge is 0.181 e. The van der Waals surface area contributed by atoms with Crippen molar-refractivity contribution in [2.75, 3.05) is 5.75 Å². The molecule has 0 radical (unpaired) electrons. The lowest BCUT2D eigenvalue weighted by Gasteiger charge is -2.18. The molecule has 1 aromatic carbocycles. The van der Waals surface area contributed by atoms with E-state index in [2.05, 4.69) is 0 Å². The van der Waals surface area contributed by atoms with Gasteiger partial charge in [-0.15, -0.1) is 0 Å². The van der Waals surface area contributed by atoms with Crippen LogP contribution in [0.15, 0.2) is 23.1 Å². The molecule has 1 aromatic rings. The molecular formula is C12H17Cl2NO2S. The van der Waals surface area contributed by atoms with Crippen molar-refractivity contribution < 1.29 is 8.42 Å². The summed E-state index contributed by atoms with van der Waals surface area (Å²) in [6, 6.07) is 3.99. The van der Waals surface area contributed by atoms with Crippen LogP contribution in [-0.4, -0.2) is 20.2 Å². The Morgan fingerprint density at radius 3 is 2.50 bits per heavy atom. The van der Waals surface area contributed by atoms with Crippen LogP contribution >= 0.6 is 23.2 Å². The molecule has 6 heteroatoms. The minimum atomic E-state index is -3.51. The fourth-order valence-corrected chi connectivity index (χ4v) is 3.92. The van der Waals surface area contributed by atoms with Crippen molar-refractivity contribution in [1.29, 1.82) is 0 Å². The maximum Gasteiger partial charge on any atom is 0.181 e. The minimum absolute atomic E-state index is 0.0513. The van der Waals surface area contributed by atoms with E-state index in [0.717, 1.165) is 6.42 Å². The maximum atomic E-state index is 12.2. The van der Waals surface area contributed by atoms with Gasteiger partial charge in [-0.05, 0) is 24.1 Å². The SMILES string of the molecule is CCC(C)C(N)CS(=O)(=O)c1cc(Cl)ccc1Cl. The summed E-state index contributed by atoms with van der Waals surface area (Å²) in [5.74, 6) is 0.0138. The molecule has 102 valence electrons. The van der Waals surface area contributed by atoms with Crippen molar-refractivity contribution in [2.24, 2.45) is 11.7 Å². The molecule has 0 aliphatic rings. The average Bonchev–Trinajstić information content (AvgIpc) is 2.30. The molecule has 0 bridgehead atoms. The molecular weight excluding hydrogens is 293 g/mol. The van der Waals surface area contributed by atoms with E-state index in [1.165, 1.54) is 12.1 Å². The van der Waals surface area contributed by atoms with Gasteiger partial charge in [-0.2, -0.15) is 0 Å². The largest absolute Gasteiger partial charge is 0.327 e. The Balaban J connectivity index is 3.03. The van der Waals surface area contributed by atoms with Crippen LogP contribution in [-0.2, 0) is 9.84 Å². The van der Waals surface area contributed by atoms with Crippen LogP contribution < -0.4 is 5.73 Å². The Kier molecular flexibility index (Phi) is 5.46. The van der Waals surface area contributed by atoms with Crippen molar-refractivity contribution in [3.05, 3.63) is 28.2 Å². The fourth-order valence-electron chi connectivity index (χ4n) is 1.53. The summed E-state index contributed by atoms with van der Waals surface area (Å²) in [4.78, 5) is 0.0513. The van der Waals surface area contributed by atoms with Gasteiger partial charge in [-0.25, -0.2) is 8.42 Å². The van der Waals surface area contributed by atoms with E-state index in [1.54, 1.807) is 6.07 Å². The van der Waals surface area contributed by atoms with Crippen LogP contribution in [0, 0.1) is 5.92 Å². The van der Waals surface area contributed by atoms with Crippen LogP contribution in [0.25, 0.3) is 0 Å². The number of rotatable bonds is 5. The molecule has 2 unspecified atom stereocenters. The number of hydrogen-bond donors (Lipinski definition) is 1. The van der Waals surface area contributed by atoms with Gasteiger partial charge in [-0.3, -0.25) is 0 Å². The second-order valence-electron chi connectivity index (χ2n) is 4.41. The zero-order chi connectivity index (χ0) is 13.9. The molecule has 1 rings (SSSR count). The van der Waals surface area contributed by atoms with Gasteiger partial charge in [-0.1, -0.05) is 43.5 Å². The van der Waals surface area contributed by atoms with Gasteiger partial charge in [0.25, 0.3) is 0 Å². The van der Waals surface area contributed by atoms with Gasteiger partial charge in [0.2, 0.25) is 0 Å². The topological polar surface area (TPSA) is 60.2 Å². The summed E-state index contributed by atoms with van der Waals surface area (Å²) in [7, 11) is -3.51. The highest BCUT2D eigenvalue weighted by Crippen LogP contribution is 2.26. The van der Waals surface area contributed by atoms with E-state index in [1.807, 2.05) is 13.8 Å². The zero-order valence-electron chi connectivity index (χ0n) is 10.4. The third kappa shape index (κ3) is 3.85.